The van der Waals surface area contributed by atoms with Crippen molar-refractivity contribution in [2.75, 3.05) is 10.0 Å². The van der Waals surface area contributed by atoms with Gasteiger partial charge in [-0.1, -0.05) is 47.5 Å². The fourth-order valence-electron chi connectivity index (χ4n) is 2.87. The van der Waals surface area contributed by atoms with Gasteiger partial charge in [-0.2, -0.15) is 0 Å². The van der Waals surface area contributed by atoms with Crippen molar-refractivity contribution in [3.63, 3.8) is 0 Å². The number of pyridine rings is 1. The van der Waals surface area contributed by atoms with Crippen LogP contribution in [-0.4, -0.2) is 19.3 Å². The Labute approximate surface area is 204 Å². The third-order valence-electron chi connectivity index (χ3n) is 4.55. The molecule has 9 heteroatoms. The smallest absolute Gasteiger partial charge is 0.263 e. The minimum atomic E-state index is -3.76. The molecule has 7 nitrogen and oxygen atoms in total. The first-order valence-corrected chi connectivity index (χ1v) is 12.1. The molecule has 0 bridgehead atoms. The largest absolute Gasteiger partial charge is 0.456 e. The van der Waals surface area contributed by atoms with Gasteiger partial charge in [-0.15, -0.1) is 0 Å². The van der Waals surface area contributed by atoms with Gasteiger partial charge in [0.25, 0.3) is 15.9 Å². The summed E-state index contributed by atoms with van der Waals surface area (Å²) >= 11 is 6.21. The Morgan fingerprint density at radius 3 is 2.35 bits per heavy atom. The molecule has 2 aromatic carbocycles. The van der Waals surface area contributed by atoms with Gasteiger partial charge < -0.3 is 10.1 Å². The molecule has 1 heterocycles. The summed E-state index contributed by atoms with van der Waals surface area (Å²) in [5.74, 6) is 0.623. The number of ether oxygens (including phenoxy) is 1. The van der Waals surface area contributed by atoms with Crippen LogP contribution >= 0.6 is 11.6 Å². The standard InChI is InChI=1S/C25H24ClN3O4S/c1-16(2)13-18(4)25(30)28-23-14-19(7-11-22(23)26)33-20-8-12-24(27-15-20)29-34(31,32)21-9-5-17(3)6-10-21/h5-15H,1H2,2-4H3,(H,27,29)(H,28,30)/b18-13+. The van der Waals surface area contributed by atoms with Gasteiger partial charge in [0, 0.05) is 11.6 Å². The number of carbonyl (C=O) groups is 1. The van der Waals surface area contributed by atoms with E-state index in [9.17, 15) is 13.2 Å². The zero-order chi connectivity index (χ0) is 24.9. The zero-order valence-electron chi connectivity index (χ0n) is 18.9. The van der Waals surface area contributed by atoms with Crippen LogP contribution in [0, 0.1) is 6.92 Å². The lowest BCUT2D eigenvalue weighted by molar-refractivity contribution is -0.112. The first-order chi connectivity index (χ1) is 16.0. The molecule has 0 aliphatic heterocycles. The lowest BCUT2D eigenvalue weighted by Crippen LogP contribution is -2.13. The van der Waals surface area contributed by atoms with E-state index in [4.69, 9.17) is 16.3 Å². The van der Waals surface area contributed by atoms with Crippen molar-refractivity contribution in [3.8, 4) is 11.5 Å². The van der Waals surface area contributed by atoms with Gasteiger partial charge in [0.15, 0.2) is 0 Å². The fraction of sp³-hybridized carbons (Fsp3) is 0.120. The Balaban J connectivity index is 1.70. The molecule has 0 atom stereocenters. The van der Waals surface area contributed by atoms with Crippen LogP contribution in [0.1, 0.15) is 19.4 Å². The third-order valence-corrected chi connectivity index (χ3v) is 6.25. The highest BCUT2D eigenvalue weighted by Crippen LogP contribution is 2.30. The van der Waals surface area contributed by atoms with Crippen LogP contribution < -0.4 is 14.8 Å². The van der Waals surface area contributed by atoms with E-state index in [2.05, 4.69) is 21.6 Å². The van der Waals surface area contributed by atoms with Crippen LogP contribution in [0.5, 0.6) is 11.5 Å². The molecule has 0 unspecified atom stereocenters. The van der Waals surface area contributed by atoms with E-state index in [1.807, 2.05) is 6.92 Å². The van der Waals surface area contributed by atoms with Gasteiger partial charge >= 0.3 is 0 Å². The molecule has 176 valence electrons. The number of amides is 1. The van der Waals surface area contributed by atoms with Gasteiger partial charge in [0.2, 0.25) is 0 Å². The SMILES string of the molecule is C=C(C)/C=C(\C)C(=O)Nc1cc(Oc2ccc(NS(=O)(=O)c3ccc(C)cc3)nc2)ccc1Cl. The van der Waals surface area contributed by atoms with Gasteiger partial charge in [-0.3, -0.25) is 9.52 Å². The number of nitrogens with one attached hydrogen (secondary N) is 2. The van der Waals surface area contributed by atoms with E-state index in [0.29, 0.717) is 27.8 Å². The van der Waals surface area contributed by atoms with Crippen molar-refractivity contribution in [1.29, 1.82) is 0 Å². The predicted octanol–water partition coefficient (Wildman–Crippen LogP) is 6.10. The minimum Gasteiger partial charge on any atom is -0.456 e. The highest BCUT2D eigenvalue weighted by Gasteiger charge is 2.15. The molecule has 34 heavy (non-hydrogen) atoms. The Hall–Kier alpha value is -3.62. The van der Waals surface area contributed by atoms with Crippen LogP contribution in [0.2, 0.25) is 5.02 Å². The number of carbonyl (C=O) groups excluding carboxylic acids is 1. The number of sulfonamides is 1. The second-order valence-corrected chi connectivity index (χ2v) is 9.76. The molecular weight excluding hydrogens is 474 g/mol. The molecule has 0 spiro atoms. The van der Waals surface area contributed by atoms with Gasteiger partial charge in [0.05, 0.1) is 21.8 Å². The number of aryl methyl sites for hydroxylation is 1. The van der Waals surface area contributed by atoms with Gasteiger partial charge in [-0.05, 0) is 57.2 Å². The summed E-state index contributed by atoms with van der Waals surface area (Å²) in [6, 6.07) is 14.4. The summed E-state index contributed by atoms with van der Waals surface area (Å²) in [5.41, 5.74) is 2.59. The summed E-state index contributed by atoms with van der Waals surface area (Å²) in [4.78, 5) is 16.6. The van der Waals surface area contributed by atoms with Crippen LogP contribution in [0.3, 0.4) is 0 Å². The first kappa shape index (κ1) is 25.0. The number of halogens is 1. The van der Waals surface area contributed by atoms with E-state index in [0.717, 1.165) is 11.1 Å². The van der Waals surface area contributed by atoms with Crippen molar-refractivity contribution in [3.05, 3.63) is 95.2 Å². The van der Waals surface area contributed by atoms with Crippen molar-refractivity contribution in [1.82, 2.24) is 4.98 Å². The average Bonchev–Trinajstić information content (AvgIpc) is 2.77. The normalized spacial score (nSPS) is 11.6. The molecule has 3 aromatic rings. The number of aromatic nitrogens is 1. The van der Waals surface area contributed by atoms with Crippen molar-refractivity contribution in [2.45, 2.75) is 25.7 Å². The monoisotopic (exact) mass is 497 g/mol. The molecular formula is C25H24ClN3O4S. The van der Waals surface area contributed by atoms with Crippen LogP contribution in [0.25, 0.3) is 0 Å². The molecule has 0 fully saturated rings. The predicted molar refractivity (Wildman–Crippen MR) is 135 cm³/mol. The quantitative estimate of drug-likeness (QED) is 0.289. The second-order valence-electron chi connectivity index (χ2n) is 7.67. The van der Waals surface area contributed by atoms with E-state index in [1.54, 1.807) is 56.3 Å². The molecule has 0 aliphatic carbocycles. The molecule has 3 rings (SSSR count). The van der Waals surface area contributed by atoms with Crippen LogP contribution in [-0.2, 0) is 14.8 Å². The summed E-state index contributed by atoms with van der Waals surface area (Å²) in [6.45, 7) is 9.12. The molecule has 0 saturated heterocycles. The molecule has 0 saturated carbocycles. The van der Waals surface area contributed by atoms with Crippen LogP contribution in [0.4, 0.5) is 11.5 Å². The van der Waals surface area contributed by atoms with E-state index >= 15 is 0 Å². The average molecular weight is 498 g/mol. The lowest BCUT2D eigenvalue weighted by atomic mass is 10.2. The Morgan fingerprint density at radius 2 is 1.74 bits per heavy atom. The summed E-state index contributed by atoms with van der Waals surface area (Å²) in [5, 5.41) is 3.09. The maximum Gasteiger partial charge on any atom is 0.263 e. The van der Waals surface area contributed by atoms with E-state index in [-0.39, 0.29) is 16.6 Å². The number of rotatable bonds is 8. The maximum atomic E-state index is 12.5. The maximum absolute atomic E-state index is 12.5. The number of benzene rings is 2. The van der Waals surface area contributed by atoms with Gasteiger partial charge in [0.1, 0.15) is 17.3 Å². The Kier molecular flexibility index (Phi) is 7.75. The number of allylic oxidation sites excluding steroid dienone is 2. The second kappa shape index (κ2) is 10.5. The number of hydrogen-bond donors (Lipinski definition) is 2. The Bertz CT molecular complexity index is 1350. The lowest BCUT2D eigenvalue weighted by Gasteiger charge is -2.12. The van der Waals surface area contributed by atoms with Crippen molar-refractivity contribution < 1.29 is 17.9 Å². The minimum absolute atomic E-state index is 0.143. The number of nitrogens with zero attached hydrogens (tertiary/aromatic N) is 1. The number of hydrogen-bond acceptors (Lipinski definition) is 5. The highest BCUT2D eigenvalue weighted by atomic mass is 35.5. The summed E-state index contributed by atoms with van der Waals surface area (Å²) < 4.78 is 33.3. The highest BCUT2D eigenvalue weighted by molar-refractivity contribution is 7.92. The third kappa shape index (κ3) is 6.69. The fourth-order valence-corrected chi connectivity index (χ4v) is 4.04. The summed E-state index contributed by atoms with van der Waals surface area (Å²) in [7, 11) is -3.76. The first-order valence-electron chi connectivity index (χ1n) is 10.2. The van der Waals surface area contributed by atoms with Crippen molar-refractivity contribution >= 4 is 39.0 Å². The summed E-state index contributed by atoms with van der Waals surface area (Å²) in [6.07, 6.45) is 3.06. The van der Waals surface area contributed by atoms with Crippen molar-refractivity contribution in [2.24, 2.45) is 0 Å². The van der Waals surface area contributed by atoms with Gasteiger partial charge in [-0.25, -0.2) is 13.4 Å². The topological polar surface area (TPSA) is 97.4 Å². The van der Waals surface area contributed by atoms with Crippen LogP contribution in [0.15, 0.2) is 89.5 Å². The van der Waals surface area contributed by atoms with E-state index < -0.39 is 10.0 Å². The molecule has 1 aromatic heterocycles. The van der Waals surface area contributed by atoms with E-state index in [1.165, 1.54) is 24.4 Å². The molecule has 0 aliphatic rings. The zero-order valence-corrected chi connectivity index (χ0v) is 20.5. The molecule has 1 amide bonds. The Morgan fingerprint density at radius 1 is 1.06 bits per heavy atom. The number of anilines is 2. The molecule has 0 radical (unpaired) electrons. The molecule has 2 N–H and O–H groups in total.